The second-order valence-corrected chi connectivity index (χ2v) is 8.96. The number of aromatic nitrogens is 4. The van der Waals surface area contributed by atoms with Gasteiger partial charge in [0.05, 0.1) is 22.1 Å². The fourth-order valence-electron chi connectivity index (χ4n) is 4.47. The molecule has 180 valence electrons. The fourth-order valence-corrected chi connectivity index (χ4v) is 4.47. The summed E-state index contributed by atoms with van der Waals surface area (Å²) in [5.41, 5.74) is 8.85. The highest BCUT2D eigenvalue weighted by Gasteiger charge is 2.10. The molecule has 1 unspecified atom stereocenters. The predicted octanol–water partition coefficient (Wildman–Crippen LogP) is 8.10. The number of hydrogen-bond donors (Lipinski definition) is 2. The van der Waals surface area contributed by atoms with Crippen LogP contribution in [-0.4, -0.2) is 19.9 Å². The number of benzene rings is 2. The summed E-state index contributed by atoms with van der Waals surface area (Å²) in [6, 6.07) is 13.0. The molecule has 2 aromatic carbocycles. The van der Waals surface area contributed by atoms with Crippen LogP contribution in [0.1, 0.15) is 50.0 Å². The van der Waals surface area contributed by atoms with Crippen molar-refractivity contribution in [2.24, 2.45) is 5.92 Å². The van der Waals surface area contributed by atoms with E-state index in [4.69, 9.17) is 9.97 Å². The number of nitrogens with zero attached hydrogens (tertiary/aromatic N) is 2. The summed E-state index contributed by atoms with van der Waals surface area (Å²) in [5, 5.41) is 0. The lowest BCUT2D eigenvalue weighted by molar-refractivity contribution is 0.943. The van der Waals surface area contributed by atoms with E-state index in [2.05, 4.69) is 114 Å². The Morgan fingerprint density at radius 1 is 0.778 bits per heavy atom. The molecule has 0 fully saturated rings. The van der Waals surface area contributed by atoms with E-state index in [-0.39, 0.29) is 0 Å². The molecular formula is C32H32N4. The normalized spacial score (nSPS) is 16.9. The fraction of sp³-hybridized carbons (Fsp3) is 0.188. The zero-order chi connectivity index (χ0) is 24.9. The van der Waals surface area contributed by atoms with Gasteiger partial charge in [-0.2, -0.15) is 0 Å². The van der Waals surface area contributed by atoms with Gasteiger partial charge in [0.25, 0.3) is 0 Å². The van der Waals surface area contributed by atoms with Crippen LogP contribution in [0, 0.1) is 5.92 Å². The van der Waals surface area contributed by atoms with E-state index in [9.17, 15) is 0 Å². The van der Waals surface area contributed by atoms with Gasteiger partial charge in [0.1, 0.15) is 11.6 Å². The van der Waals surface area contributed by atoms with Crippen molar-refractivity contribution in [2.75, 3.05) is 0 Å². The number of allylic oxidation sites excluding steroid dienone is 12. The van der Waals surface area contributed by atoms with Gasteiger partial charge in [-0.3, -0.25) is 0 Å². The quantitative estimate of drug-likeness (QED) is 0.315. The Kier molecular flexibility index (Phi) is 6.94. The highest BCUT2D eigenvalue weighted by Crippen LogP contribution is 2.25. The molecule has 0 spiro atoms. The van der Waals surface area contributed by atoms with E-state index in [1.807, 2.05) is 13.8 Å². The standard InChI is InChI=1S/C30H26N4.C2H6/c1-20-7-6-10-24(14-11-20)30-32-26-16-13-22(19-28(26)34-30)17-21-12-15-25-27(18-21)33-29(31-25)23-8-4-2-3-5-9-23;1-2/h2-4,6-16,18-20H,5,17H2,1H3,(H,31,33)(H,32,34);1-2H3. The molecule has 0 saturated heterocycles. The molecule has 2 aliphatic carbocycles. The van der Waals surface area contributed by atoms with Crippen LogP contribution in [0.5, 0.6) is 0 Å². The average Bonchev–Trinajstić information content (AvgIpc) is 3.31. The average molecular weight is 473 g/mol. The lowest BCUT2D eigenvalue weighted by Gasteiger charge is -2.02. The second kappa shape index (κ2) is 10.6. The van der Waals surface area contributed by atoms with Crippen LogP contribution in [0.4, 0.5) is 0 Å². The highest BCUT2D eigenvalue weighted by atomic mass is 14.9. The number of nitrogens with one attached hydrogen (secondary N) is 2. The Hall–Kier alpha value is -4.18. The van der Waals surface area contributed by atoms with Crippen molar-refractivity contribution in [3.63, 3.8) is 0 Å². The first-order valence-corrected chi connectivity index (χ1v) is 12.8. The van der Waals surface area contributed by atoms with Crippen LogP contribution >= 0.6 is 0 Å². The van der Waals surface area contributed by atoms with Crippen molar-refractivity contribution in [3.05, 3.63) is 120 Å². The molecule has 6 rings (SSSR count). The number of H-pyrrole nitrogens is 2. The molecule has 0 bridgehead atoms. The first-order chi connectivity index (χ1) is 17.7. The van der Waals surface area contributed by atoms with Gasteiger partial charge in [0, 0.05) is 11.1 Å². The van der Waals surface area contributed by atoms with Gasteiger partial charge in [0.15, 0.2) is 0 Å². The molecule has 4 nitrogen and oxygen atoms in total. The van der Waals surface area contributed by atoms with Gasteiger partial charge in [0.2, 0.25) is 0 Å². The van der Waals surface area contributed by atoms with E-state index in [0.717, 1.165) is 57.7 Å². The van der Waals surface area contributed by atoms with Crippen LogP contribution in [0.25, 0.3) is 33.2 Å². The Balaban J connectivity index is 0.00000130. The monoisotopic (exact) mass is 472 g/mol. The van der Waals surface area contributed by atoms with E-state index in [1.54, 1.807) is 0 Å². The van der Waals surface area contributed by atoms with Crippen molar-refractivity contribution in [1.82, 2.24) is 19.9 Å². The predicted molar refractivity (Wildman–Crippen MR) is 153 cm³/mol. The third kappa shape index (κ3) is 5.08. The molecule has 0 saturated carbocycles. The first-order valence-electron chi connectivity index (χ1n) is 12.8. The lowest BCUT2D eigenvalue weighted by Crippen LogP contribution is -1.88. The smallest absolute Gasteiger partial charge is 0.138 e. The Bertz CT molecular complexity index is 1570. The summed E-state index contributed by atoms with van der Waals surface area (Å²) < 4.78 is 0. The maximum atomic E-state index is 4.81. The molecule has 4 heteroatoms. The third-order valence-corrected chi connectivity index (χ3v) is 6.31. The maximum absolute atomic E-state index is 4.81. The Morgan fingerprint density at radius 2 is 1.44 bits per heavy atom. The summed E-state index contributed by atoms with van der Waals surface area (Å²) >= 11 is 0. The van der Waals surface area contributed by atoms with E-state index in [0.29, 0.717) is 5.92 Å². The van der Waals surface area contributed by atoms with Crippen LogP contribution in [0.2, 0.25) is 0 Å². The molecule has 0 aliphatic heterocycles. The summed E-state index contributed by atoms with van der Waals surface area (Å²) in [7, 11) is 0. The molecule has 36 heavy (non-hydrogen) atoms. The number of imidazole rings is 2. The summed E-state index contributed by atoms with van der Waals surface area (Å²) in [4.78, 5) is 16.6. The molecular weight excluding hydrogens is 440 g/mol. The van der Waals surface area contributed by atoms with E-state index in [1.165, 1.54) is 11.1 Å². The molecule has 2 N–H and O–H groups in total. The molecule has 2 heterocycles. The van der Waals surface area contributed by atoms with Crippen molar-refractivity contribution >= 4 is 33.2 Å². The lowest BCUT2D eigenvalue weighted by atomic mass is 10.0. The van der Waals surface area contributed by atoms with Gasteiger partial charge in [-0.05, 0) is 54.2 Å². The Morgan fingerprint density at radius 3 is 2.14 bits per heavy atom. The van der Waals surface area contributed by atoms with Gasteiger partial charge in [-0.25, -0.2) is 9.97 Å². The number of aromatic amines is 2. The molecule has 1 atom stereocenters. The molecule has 2 aromatic heterocycles. The molecule has 2 aliphatic rings. The number of rotatable bonds is 4. The van der Waals surface area contributed by atoms with Gasteiger partial charge >= 0.3 is 0 Å². The number of fused-ring (bicyclic) bond motifs is 2. The zero-order valence-electron chi connectivity index (χ0n) is 21.1. The molecule has 0 radical (unpaired) electrons. The maximum Gasteiger partial charge on any atom is 0.138 e. The topological polar surface area (TPSA) is 57.4 Å². The minimum absolute atomic E-state index is 0.436. The molecule has 0 amide bonds. The van der Waals surface area contributed by atoms with Crippen LogP contribution in [0.3, 0.4) is 0 Å². The van der Waals surface area contributed by atoms with Gasteiger partial charge < -0.3 is 9.97 Å². The van der Waals surface area contributed by atoms with Crippen molar-refractivity contribution in [3.8, 4) is 0 Å². The molecule has 4 aromatic rings. The highest BCUT2D eigenvalue weighted by molar-refractivity contribution is 5.83. The largest absolute Gasteiger partial charge is 0.338 e. The van der Waals surface area contributed by atoms with E-state index < -0.39 is 0 Å². The second-order valence-electron chi connectivity index (χ2n) is 8.96. The van der Waals surface area contributed by atoms with Crippen LogP contribution in [-0.2, 0) is 6.42 Å². The minimum atomic E-state index is 0.436. The summed E-state index contributed by atoms with van der Waals surface area (Å²) in [6.45, 7) is 6.18. The SMILES string of the molecule is CC.CC1C=CC=C(c2nc3ccc(Cc4ccc5nc(C6=CCC=CC=C6)[nH]c5c4)cc3[nH]2)C=C1. The van der Waals surface area contributed by atoms with Crippen LogP contribution in [0.15, 0.2) is 97.2 Å². The van der Waals surface area contributed by atoms with E-state index >= 15 is 0 Å². The first kappa shape index (κ1) is 23.6. The zero-order valence-corrected chi connectivity index (χ0v) is 21.1. The van der Waals surface area contributed by atoms with Gasteiger partial charge in [-0.1, -0.05) is 93.7 Å². The van der Waals surface area contributed by atoms with Crippen LogP contribution < -0.4 is 0 Å². The van der Waals surface area contributed by atoms with Crippen molar-refractivity contribution < 1.29 is 0 Å². The van der Waals surface area contributed by atoms with Crippen molar-refractivity contribution in [2.45, 2.75) is 33.6 Å². The van der Waals surface area contributed by atoms with Gasteiger partial charge in [-0.15, -0.1) is 0 Å². The minimum Gasteiger partial charge on any atom is -0.338 e. The summed E-state index contributed by atoms with van der Waals surface area (Å²) in [5.74, 6) is 2.26. The Labute approximate surface area is 212 Å². The summed E-state index contributed by atoms with van der Waals surface area (Å²) in [6.07, 6.45) is 23.1. The third-order valence-electron chi connectivity index (χ3n) is 6.31. The number of hydrogen-bond acceptors (Lipinski definition) is 2. The van der Waals surface area contributed by atoms with Crippen molar-refractivity contribution in [1.29, 1.82) is 0 Å².